The molecular formula is C36H35IN2O9S. The maximum absolute atomic E-state index is 14.2. The Morgan fingerprint density at radius 3 is 2.57 bits per heavy atom. The molecule has 13 heteroatoms. The van der Waals surface area contributed by atoms with Crippen LogP contribution in [0, 0.1) is 3.57 Å². The van der Waals surface area contributed by atoms with Crippen LogP contribution in [-0.2, 0) is 16.1 Å². The van der Waals surface area contributed by atoms with E-state index in [-0.39, 0.29) is 30.6 Å². The Morgan fingerprint density at radius 1 is 1.06 bits per heavy atom. The Hall–Kier alpha value is -4.50. The van der Waals surface area contributed by atoms with Gasteiger partial charge in [-0.15, -0.1) is 0 Å². The SMILES string of the molecule is CCOC(=O)C1=C(C)N=c2s/c(=C\c3cc(I)c(OCc4ccc5c(c4)OCO5)c(OC)c3)c(=O)n2[C@H]1c1ccc(OC(C)C)c(OC)c1. The van der Waals surface area contributed by atoms with Crippen molar-refractivity contribution in [3.05, 3.63) is 99.7 Å². The lowest BCUT2D eigenvalue weighted by molar-refractivity contribution is -0.139. The van der Waals surface area contributed by atoms with Crippen molar-refractivity contribution >= 4 is 46.0 Å². The third kappa shape index (κ3) is 6.99. The second-order valence-electron chi connectivity index (χ2n) is 11.4. The average Bonchev–Trinajstić information content (AvgIpc) is 3.66. The fourth-order valence-electron chi connectivity index (χ4n) is 5.61. The van der Waals surface area contributed by atoms with Crippen LogP contribution >= 0.6 is 33.9 Å². The number of benzene rings is 3. The Morgan fingerprint density at radius 2 is 1.84 bits per heavy atom. The predicted molar refractivity (Wildman–Crippen MR) is 192 cm³/mol. The number of carbonyl (C=O) groups excluding carboxylic acids is 1. The van der Waals surface area contributed by atoms with Gasteiger partial charge in [0.25, 0.3) is 5.56 Å². The average molecular weight is 799 g/mol. The molecule has 0 bridgehead atoms. The van der Waals surface area contributed by atoms with Crippen LogP contribution in [0.1, 0.15) is 50.4 Å². The van der Waals surface area contributed by atoms with Gasteiger partial charge in [-0.2, -0.15) is 0 Å². The number of hydrogen-bond donors (Lipinski definition) is 0. The molecule has 0 N–H and O–H groups in total. The summed E-state index contributed by atoms with van der Waals surface area (Å²) in [4.78, 5) is 32.7. The fourth-order valence-corrected chi connectivity index (χ4v) is 7.44. The van der Waals surface area contributed by atoms with Gasteiger partial charge in [-0.3, -0.25) is 9.36 Å². The third-order valence-corrected chi connectivity index (χ3v) is 9.54. The molecule has 49 heavy (non-hydrogen) atoms. The number of rotatable bonds is 11. The van der Waals surface area contributed by atoms with Gasteiger partial charge in [0, 0.05) is 0 Å². The first kappa shape index (κ1) is 34.4. The first-order valence-corrected chi connectivity index (χ1v) is 17.4. The summed E-state index contributed by atoms with van der Waals surface area (Å²) in [5.74, 6) is 2.97. The third-order valence-electron chi connectivity index (χ3n) is 7.75. The van der Waals surface area contributed by atoms with Gasteiger partial charge in [0.1, 0.15) is 6.61 Å². The first-order chi connectivity index (χ1) is 23.6. The number of ether oxygens (including phenoxy) is 7. The van der Waals surface area contributed by atoms with E-state index >= 15 is 0 Å². The molecular weight excluding hydrogens is 763 g/mol. The summed E-state index contributed by atoms with van der Waals surface area (Å²) in [6.45, 7) is 8.00. The summed E-state index contributed by atoms with van der Waals surface area (Å²) in [5.41, 5.74) is 2.74. The van der Waals surface area contributed by atoms with Gasteiger partial charge in [0.05, 0.1) is 52.3 Å². The Labute approximate surface area is 300 Å². The Kier molecular flexibility index (Phi) is 10.2. The number of nitrogens with zero attached hydrogens (tertiary/aromatic N) is 2. The van der Waals surface area contributed by atoms with Crippen LogP contribution in [0.5, 0.6) is 34.5 Å². The largest absolute Gasteiger partial charge is 0.493 e. The lowest BCUT2D eigenvalue weighted by Crippen LogP contribution is -2.40. The smallest absolute Gasteiger partial charge is 0.338 e. The molecule has 1 aromatic heterocycles. The highest BCUT2D eigenvalue weighted by atomic mass is 127. The molecule has 0 spiro atoms. The van der Waals surface area contributed by atoms with Crippen LogP contribution in [0.25, 0.3) is 6.08 Å². The molecule has 0 unspecified atom stereocenters. The highest BCUT2D eigenvalue weighted by Crippen LogP contribution is 2.38. The van der Waals surface area contributed by atoms with Crippen molar-refractivity contribution in [2.75, 3.05) is 27.6 Å². The molecule has 0 radical (unpaired) electrons. The standard InChI is InChI=1S/C36H35IN2O9S/c1-7-44-35(41)31-20(4)38-36-39(32(31)23-9-11-26(48-19(2)3)27(16-23)42-5)34(40)30(49-36)15-22-12-24(37)33(29(14-22)43-6)45-17-21-8-10-25-28(13-21)47-18-46-25/h8-16,19,32H,7,17-18H2,1-6H3/b30-15-/t32-/m0/s1. The second-order valence-corrected chi connectivity index (χ2v) is 13.6. The topological polar surface area (TPSA) is 116 Å². The van der Waals surface area contributed by atoms with E-state index < -0.39 is 12.0 Å². The number of aromatic nitrogens is 1. The van der Waals surface area contributed by atoms with Crippen molar-refractivity contribution in [2.45, 2.75) is 46.4 Å². The summed E-state index contributed by atoms with van der Waals surface area (Å²) in [5, 5.41) is 0. The van der Waals surface area contributed by atoms with Crippen molar-refractivity contribution in [1.29, 1.82) is 0 Å². The van der Waals surface area contributed by atoms with E-state index in [9.17, 15) is 9.59 Å². The molecule has 2 aliphatic heterocycles. The molecule has 0 saturated carbocycles. The van der Waals surface area contributed by atoms with Crippen molar-refractivity contribution in [3.63, 3.8) is 0 Å². The van der Waals surface area contributed by atoms with Gasteiger partial charge in [-0.1, -0.05) is 23.5 Å². The minimum atomic E-state index is -0.805. The zero-order chi connectivity index (χ0) is 34.8. The summed E-state index contributed by atoms with van der Waals surface area (Å²) < 4.78 is 42.6. The normalized spacial score (nSPS) is 15.2. The lowest BCUT2D eigenvalue weighted by Gasteiger charge is -2.25. The number of thiazole rings is 1. The molecule has 11 nitrogen and oxygen atoms in total. The highest BCUT2D eigenvalue weighted by molar-refractivity contribution is 14.1. The fraction of sp³-hybridized carbons (Fsp3) is 0.306. The van der Waals surface area contributed by atoms with Crippen LogP contribution < -0.4 is 43.3 Å². The van der Waals surface area contributed by atoms with Gasteiger partial charge in [0.15, 0.2) is 39.3 Å². The Bertz CT molecular complexity index is 2140. The first-order valence-electron chi connectivity index (χ1n) is 15.5. The van der Waals surface area contributed by atoms with E-state index in [4.69, 9.17) is 38.2 Å². The van der Waals surface area contributed by atoms with Crippen molar-refractivity contribution in [3.8, 4) is 34.5 Å². The molecule has 0 fully saturated rings. The molecule has 4 aromatic rings. The zero-order valence-corrected chi connectivity index (χ0v) is 30.8. The van der Waals surface area contributed by atoms with Crippen LogP contribution in [0.4, 0.5) is 0 Å². The summed E-state index contributed by atoms with van der Waals surface area (Å²) >= 11 is 3.43. The van der Waals surface area contributed by atoms with Gasteiger partial charge in [-0.25, -0.2) is 9.79 Å². The number of carbonyl (C=O) groups is 1. The monoisotopic (exact) mass is 798 g/mol. The quantitative estimate of drug-likeness (QED) is 0.143. The number of allylic oxidation sites excluding steroid dienone is 1. The van der Waals surface area contributed by atoms with Crippen molar-refractivity contribution in [1.82, 2.24) is 4.57 Å². The highest BCUT2D eigenvalue weighted by Gasteiger charge is 2.34. The van der Waals surface area contributed by atoms with Crippen LogP contribution in [0.2, 0.25) is 0 Å². The van der Waals surface area contributed by atoms with Gasteiger partial charge < -0.3 is 33.2 Å². The summed E-state index contributed by atoms with van der Waals surface area (Å²) in [7, 11) is 3.12. The van der Waals surface area contributed by atoms with Crippen molar-refractivity contribution in [2.24, 2.45) is 4.99 Å². The molecule has 256 valence electrons. The van der Waals surface area contributed by atoms with Crippen LogP contribution in [0.3, 0.4) is 0 Å². The zero-order valence-electron chi connectivity index (χ0n) is 27.8. The van der Waals surface area contributed by atoms with Gasteiger partial charge >= 0.3 is 5.97 Å². The lowest BCUT2D eigenvalue weighted by atomic mass is 9.95. The van der Waals surface area contributed by atoms with E-state index in [0.717, 1.165) is 14.7 Å². The number of halogens is 1. The molecule has 2 aliphatic rings. The predicted octanol–water partition coefficient (Wildman–Crippen LogP) is 5.52. The van der Waals surface area contributed by atoms with Crippen LogP contribution in [-0.4, -0.2) is 44.3 Å². The number of methoxy groups -OCH3 is 2. The Balaban J connectivity index is 1.39. The van der Waals surface area contributed by atoms with E-state index in [2.05, 4.69) is 22.6 Å². The summed E-state index contributed by atoms with van der Waals surface area (Å²) in [6.07, 6.45) is 1.71. The van der Waals surface area contributed by atoms with Gasteiger partial charge in [0.2, 0.25) is 6.79 Å². The molecule has 0 amide bonds. The van der Waals surface area contributed by atoms with Crippen LogP contribution in [0.15, 0.2) is 69.6 Å². The maximum atomic E-state index is 14.2. The molecule has 0 aliphatic carbocycles. The van der Waals surface area contributed by atoms with E-state index in [1.807, 2.05) is 50.2 Å². The van der Waals surface area contributed by atoms with E-state index in [1.54, 1.807) is 50.8 Å². The minimum Gasteiger partial charge on any atom is -0.493 e. The minimum absolute atomic E-state index is 0.0768. The molecule has 3 aromatic carbocycles. The molecule has 0 saturated heterocycles. The van der Waals surface area contributed by atoms with E-state index in [1.165, 1.54) is 11.3 Å². The second kappa shape index (κ2) is 14.5. The number of fused-ring (bicyclic) bond motifs is 2. The van der Waals surface area contributed by atoms with E-state index in [0.29, 0.717) is 61.7 Å². The maximum Gasteiger partial charge on any atom is 0.338 e. The molecule has 3 heterocycles. The summed E-state index contributed by atoms with van der Waals surface area (Å²) in [6, 6.07) is 14.0. The molecule has 6 rings (SSSR count). The van der Waals surface area contributed by atoms with Gasteiger partial charge in [-0.05, 0) is 109 Å². The molecule has 1 atom stereocenters. The van der Waals surface area contributed by atoms with Crippen molar-refractivity contribution < 1.29 is 38.0 Å². The number of esters is 1. The number of hydrogen-bond acceptors (Lipinski definition) is 11.